The van der Waals surface area contributed by atoms with Crippen LogP contribution in [0.1, 0.15) is 23.9 Å². The summed E-state index contributed by atoms with van der Waals surface area (Å²) < 4.78 is -0.252. The van der Waals surface area contributed by atoms with E-state index in [4.69, 9.17) is 0 Å². The Hall–Kier alpha value is 0.0600. The Labute approximate surface area is 115 Å². The van der Waals surface area contributed by atoms with Crippen LogP contribution in [0, 0.1) is 19.3 Å². The summed E-state index contributed by atoms with van der Waals surface area (Å²) in [5.74, 6) is 0.00926. The molecule has 1 aliphatic carbocycles. The highest BCUT2D eigenvalue weighted by atomic mass is 79.9. The Balaban J connectivity index is 2.09. The molecule has 1 aromatic rings. The number of halogens is 2. The van der Waals surface area contributed by atoms with Gasteiger partial charge in [-0.3, -0.25) is 4.79 Å². The molecule has 1 amide bonds. The highest BCUT2D eigenvalue weighted by molar-refractivity contribution is 9.25. The molecule has 88 valence electrons. The highest BCUT2D eigenvalue weighted by Crippen LogP contribution is 2.66. The molecule has 1 heterocycles. The summed E-state index contributed by atoms with van der Waals surface area (Å²) in [4.78, 5) is 17.5. The first-order valence-electron chi connectivity index (χ1n) is 4.89. The van der Waals surface area contributed by atoms with E-state index in [2.05, 4.69) is 42.2 Å². The van der Waals surface area contributed by atoms with Crippen LogP contribution in [0.15, 0.2) is 0 Å². The third-order valence-corrected chi connectivity index (χ3v) is 6.31. The topological polar surface area (TPSA) is 42.0 Å². The molecule has 2 rings (SSSR count). The van der Waals surface area contributed by atoms with Crippen LogP contribution in [0.3, 0.4) is 0 Å². The zero-order valence-corrected chi connectivity index (χ0v) is 13.2. The average Bonchev–Trinajstić information content (AvgIpc) is 2.49. The van der Waals surface area contributed by atoms with Crippen molar-refractivity contribution >= 4 is 54.2 Å². The molecule has 1 atom stereocenters. The molecule has 0 aliphatic heterocycles. The van der Waals surface area contributed by atoms with Gasteiger partial charge in [-0.25, -0.2) is 4.98 Å². The Morgan fingerprint density at radius 1 is 1.50 bits per heavy atom. The second-order valence-electron chi connectivity index (χ2n) is 4.33. The maximum absolute atomic E-state index is 12.0. The molecule has 0 unspecified atom stereocenters. The van der Waals surface area contributed by atoms with Crippen molar-refractivity contribution in [1.29, 1.82) is 0 Å². The fraction of sp³-hybridized carbons (Fsp3) is 0.600. The fourth-order valence-corrected chi connectivity index (χ4v) is 3.70. The number of amides is 1. The first kappa shape index (κ1) is 12.5. The third kappa shape index (κ3) is 1.95. The number of carbonyl (C=O) groups excluding carboxylic acids is 1. The van der Waals surface area contributed by atoms with Crippen LogP contribution >= 0.6 is 43.2 Å². The summed E-state index contributed by atoms with van der Waals surface area (Å²) in [6.07, 6.45) is 0.787. The zero-order chi connectivity index (χ0) is 12.1. The number of nitrogens with zero attached hydrogens (tertiary/aromatic N) is 1. The lowest BCUT2D eigenvalue weighted by Gasteiger charge is -2.10. The smallest absolute Gasteiger partial charge is 0.234 e. The number of rotatable bonds is 2. The minimum Gasteiger partial charge on any atom is -0.301 e. The summed E-state index contributed by atoms with van der Waals surface area (Å²) in [7, 11) is 0. The molecule has 1 fully saturated rings. The van der Waals surface area contributed by atoms with E-state index in [1.54, 1.807) is 0 Å². The maximum Gasteiger partial charge on any atom is 0.234 e. The van der Waals surface area contributed by atoms with E-state index in [1.807, 2.05) is 20.8 Å². The Bertz CT molecular complexity index is 438. The van der Waals surface area contributed by atoms with Crippen LogP contribution in [-0.2, 0) is 4.79 Å². The Kier molecular flexibility index (Phi) is 2.96. The first-order chi connectivity index (χ1) is 7.26. The number of thiazole rings is 1. The van der Waals surface area contributed by atoms with Crippen molar-refractivity contribution < 1.29 is 4.79 Å². The highest BCUT2D eigenvalue weighted by Gasteiger charge is 2.66. The van der Waals surface area contributed by atoms with Crippen LogP contribution in [0.4, 0.5) is 5.13 Å². The van der Waals surface area contributed by atoms with Gasteiger partial charge in [0.15, 0.2) is 5.13 Å². The lowest BCUT2D eigenvalue weighted by molar-refractivity contribution is -0.120. The molecule has 0 spiro atoms. The number of anilines is 1. The van der Waals surface area contributed by atoms with E-state index in [9.17, 15) is 4.79 Å². The number of hydrogen-bond acceptors (Lipinski definition) is 3. The molecule has 1 aromatic heterocycles. The van der Waals surface area contributed by atoms with Gasteiger partial charge in [-0.2, -0.15) is 0 Å². The normalized spacial score (nSPS) is 26.6. The van der Waals surface area contributed by atoms with E-state index in [1.165, 1.54) is 11.3 Å². The van der Waals surface area contributed by atoms with Gasteiger partial charge in [-0.1, -0.05) is 31.9 Å². The van der Waals surface area contributed by atoms with Crippen LogP contribution in [0.25, 0.3) is 0 Å². The van der Waals surface area contributed by atoms with Gasteiger partial charge in [0.05, 0.1) is 14.3 Å². The molecule has 16 heavy (non-hydrogen) atoms. The largest absolute Gasteiger partial charge is 0.301 e. The number of nitrogens with one attached hydrogen (secondary N) is 1. The van der Waals surface area contributed by atoms with Gasteiger partial charge in [-0.05, 0) is 27.2 Å². The zero-order valence-electron chi connectivity index (χ0n) is 9.23. The number of aryl methyl sites for hydroxylation is 2. The summed E-state index contributed by atoms with van der Waals surface area (Å²) in [6, 6.07) is 0. The quantitative estimate of drug-likeness (QED) is 0.811. The van der Waals surface area contributed by atoms with E-state index >= 15 is 0 Å². The lowest BCUT2D eigenvalue weighted by atomic mass is 10.1. The maximum atomic E-state index is 12.0. The van der Waals surface area contributed by atoms with E-state index in [0.717, 1.165) is 17.0 Å². The molecular formula is C10H12Br2N2OS. The minimum absolute atomic E-state index is 0.00926. The number of carbonyl (C=O) groups is 1. The van der Waals surface area contributed by atoms with Crippen molar-refractivity contribution in [2.45, 2.75) is 30.4 Å². The van der Waals surface area contributed by atoms with Crippen LogP contribution in [-0.4, -0.2) is 14.1 Å². The summed E-state index contributed by atoms with van der Waals surface area (Å²) in [6.45, 7) is 5.87. The molecule has 0 bridgehead atoms. The van der Waals surface area contributed by atoms with Crippen LogP contribution < -0.4 is 5.32 Å². The average molecular weight is 368 g/mol. The van der Waals surface area contributed by atoms with Gasteiger partial charge in [0.25, 0.3) is 0 Å². The van der Waals surface area contributed by atoms with Crippen LogP contribution in [0.5, 0.6) is 0 Å². The molecular weight excluding hydrogens is 356 g/mol. The predicted molar refractivity (Wildman–Crippen MR) is 73.5 cm³/mol. The molecule has 1 N–H and O–H groups in total. The van der Waals surface area contributed by atoms with Gasteiger partial charge in [0, 0.05) is 4.88 Å². The lowest BCUT2D eigenvalue weighted by Crippen LogP contribution is -2.25. The molecule has 1 aliphatic rings. The van der Waals surface area contributed by atoms with Crippen molar-refractivity contribution in [3.05, 3.63) is 10.6 Å². The van der Waals surface area contributed by atoms with Crippen molar-refractivity contribution in [3.8, 4) is 0 Å². The van der Waals surface area contributed by atoms with E-state index in [0.29, 0.717) is 5.13 Å². The molecule has 0 aromatic carbocycles. The SMILES string of the molecule is Cc1nc(NC(=O)[C@]2(C)CC2(Br)Br)sc1C. The fourth-order valence-electron chi connectivity index (χ4n) is 1.41. The van der Waals surface area contributed by atoms with Crippen molar-refractivity contribution in [3.63, 3.8) is 0 Å². The predicted octanol–water partition coefficient (Wildman–Crippen LogP) is 3.59. The van der Waals surface area contributed by atoms with Gasteiger partial charge < -0.3 is 5.32 Å². The third-order valence-electron chi connectivity index (χ3n) is 3.01. The van der Waals surface area contributed by atoms with Gasteiger partial charge in [0.2, 0.25) is 5.91 Å². The van der Waals surface area contributed by atoms with E-state index in [-0.39, 0.29) is 14.6 Å². The monoisotopic (exact) mass is 366 g/mol. The summed E-state index contributed by atoms with van der Waals surface area (Å²) in [5.41, 5.74) is 0.589. The van der Waals surface area contributed by atoms with E-state index < -0.39 is 0 Å². The second kappa shape index (κ2) is 3.78. The van der Waals surface area contributed by atoms with Crippen LogP contribution in [0.2, 0.25) is 0 Å². The van der Waals surface area contributed by atoms with Gasteiger partial charge in [-0.15, -0.1) is 11.3 Å². The second-order valence-corrected chi connectivity index (χ2v) is 9.30. The summed E-state index contributed by atoms with van der Waals surface area (Å²) in [5, 5.41) is 3.55. The van der Waals surface area contributed by atoms with Crippen molar-refractivity contribution in [1.82, 2.24) is 4.98 Å². The molecule has 1 saturated carbocycles. The minimum atomic E-state index is -0.388. The molecule has 6 heteroatoms. The first-order valence-corrected chi connectivity index (χ1v) is 7.30. The van der Waals surface area contributed by atoms with Gasteiger partial charge >= 0.3 is 0 Å². The standard InChI is InChI=1S/C10H12Br2N2OS/c1-5-6(2)16-8(13-5)14-7(15)9(3)4-10(9,11)12/h4H2,1-3H3,(H,13,14,15)/t9-/m0/s1. The number of hydrogen-bond donors (Lipinski definition) is 1. The summed E-state index contributed by atoms with van der Waals surface area (Å²) >= 11 is 8.48. The Morgan fingerprint density at radius 3 is 2.44 bits per heavy atom. The van der Waals surface area contributed by atoms with Crippen molar-refractivity contribution in [2.75, 3.05) is 5.32 Å². The number of aromatic nitrogens is 1. The number of alkyl halides is 2. The Morgan fingerprint density at radius 2 is 2.06 bits per heavy atom. The molecule has 0 saturated heterocycles. The van der Waals surface area contributed by atoms with Gasteiger partial charge in [0.1, 0.15) is 0 Å². The van der Waals surface area contributed by atoms with Crippen molar-refractivity contribution in [2.24, 2.45) is 5.41 Å². The molecule has 0 radical (unpaired) electrons. The molecule has 3 nitrogen and oxygen atoms in total.